The van der Waals surface area contributed by atoms with Crippen LogP contribution in [0.1, 0.15) is 5.56 Å². The molecule has 1 saturated heterocycles. The Labute approximate surface area is 124 Å². The number of halogens is 3. The summed E-state index contributed by atoms with van der Waals surface area (Å²) in [6.07, 6.45) is -5.15. The number of cyclic esters (lactones) is 1. The van der Waals surface area contributed by atoms with Crippen LogP contribution in [0.2, 0.25) is 0 Å². The first-order valence-electron chi connectivity index (χ1n) is 6.16. The van der Waals surface area contributed by atoms with Gasteiger partial charge >= 0.3 is 12.3 Å². The van der Waals surface area contributed by atoms with Gasteiger partial charge in [0.25, 0.3) is 0 Å². The van der Waals surface area contributed by atoms with Crippen LogP contribution in [0, 0.1) is 0 Å². The van der Waals surface area contributed by atoms with Crippen LogP contribution in [0.15, 0.2) is 24.3 Å². The van der Waals surface area contributed by atoms with E-state index in [1.54, 1.807) is 0 Å². The molecule has 0 bridgehead atoms. The second-order valence-electron chi connectivity index (χ2n) is 4.79. The topological polar surface area (TPSA) is 75.7 Å². The number of hydrogen-bond donors (Lipinski definition) is 1. The number of nitrogens with zero attached hydrogens (tertiary/aromatic N) is 1. The molecule has 1 aromatic rings. The lowest BCUT2D eigenvalue weighted by molar-refractivity contribution is -0.137. The summed E-state index contributed by atoms with van der Waals surface area (Å²) in [6, 6.07) is 4.28. The van der Waals surface area contributed by atoms with Crippen LogP contribution < -0.4 is 9.62 Å². The Hall–Kier alpha value is -1.81. The zero-order valence-electron chi connectivity index (χ0n) is 11.4. The summed E-state index contributed by atoms with van der Waals surface area (Å²) in [5, 5.41) is 0. The highest BCUT2D eigenvalue weighted by molar-refractivity contribution is 7.88. The van der Waals surface area contributed by atoms with Gasteiger partial charge in [0, 0.05) is 12.2 Å². The maximum atomic E-state index is 12.7. The molecule has 1 N–H and O–H groups in total. The predicted molar refractivity (Wildman–Crippen MR) is 71.9 cm³/mol. The fourth-order valence-electron chi connectivity index (χ4n) is 1.93. The van der Waals surface area contributed by atoms with E-state index < -0.39 is 34.0 Å². The van der Waals surface area contributed by atoms with Gasteiger partial charge in [0.15, 0.2) is 0 Å². The molecular weight excluding hydrogens is 325 g/mol. The number of sulfonamides is 1. The van der Waals surface area contributed by atoms with Crippen molar-refractivity contribution in [2.24, 2.45) is 0 Å². The van der Waals surface area contributed by atoms with Crippen molar-refractivity contribution in [3.63, 3.8) is 0 Å². The fourth-order valence-corrected chi connectivity index (χ4v) is 2.42. The van der Waals surface area contributed by atoms with E-state index in [9.17, 15) is 26.4 Å². The number of ether oxygens (including phenoxy) is 1. The molecule has 1 aliphatic heterocycles. The Kier molecular flexibility index (Phi) is 4.34. The highest BCUT2D eigenvalue weighted by Gasteiger charge is 2.35. The standard InChI is InChI=1S/C12H13F3N2O4S/c1-22(19,20)16-6-10-7-17(11(18)21-10)9-4-2-3-8(5-9)12(13,14)15/h2-5,10,16H,6-7H2,1H3. The highest BCUT2D eigenvalue weighted by atomic mass is 32.2. The predicted octanol–water partition coefficient (Wildman–Crippen LogP) is 1.58. The molecule has 1 atom stereocenters. The summed E-state index contributed by atoms with van der Waals surface area (Å²) in [7, 11) is -3.45. The van der Waals surface area contributed by atoms with Crippen molar-refractivity contribution < 1.29 is 31.1 Å². The molecule has 0 radical (unpaired) electrons. The lowest BCUT2D eigenvalue weighted by Crippen LogP contribution is -2.34. The van der Waals surface area contributed by atoms with Crippen LogP contribution in [-0.2, 0) is 20.9 Å². The third-order valence-electron chi connectivity index (χ3n) is 2.93. The zero-order valence-corrected chi connectivity index (χ0v) is 12.2. The molecule has 6 nitrogen and oxygen atoms in total. The molecule has 1 aromatic carbocycles. The van der Waals surface area contributed by atoms with Crippen LogP contribution in [-0.4, -0.2) is 40.0 Å². The molecule has 1 aliphatic rings. The molecule has 1 heterocycles. The van der Waals surface area contributed by atoms with E-state index >= 15 is 0 Å². The van der Waals surface area contributed by atoms with Crippen molar-refractivity contribution in [3.05, 3.63) is 29.8 Å². The van der Waals surface area contributed by atoms with E-state index in [0.717, 1.165) is 23.3 Å². The maximum Gasteiger partial charge on any atom is 0.416 e. The van der Waals surface area contributed by atoms with Gasteiger partial charge in [-0.1, -0.05) is 6.07 Å². The second kappa shape index (κ2) is 5.76. The number of carbonyl (C=O) groups is 1. The fraction of sp³-hybridized carbons (Fsp3) is 0.417. The summed E-state index contributed by atoms with van der Waals surface area (Å²) in [5.74, 6) is 0. The number of nitrogens with one attached hydrogen (secondary N) is 1. The Morgan fingerprint density at radius 3 is 2.68 bits per heavy atom. The van der Waals surface area contributed by atoms with Crippen LogP contribution in [0.4, 0.5) is 23.7 Å². The van der Waals surface area contributed by atoms with Crippen molar-refractivity contribution in [3.8, 4) is 0 Å². The van der Waals surface area contributed by atoms with Crippen LogP contribution in [0.3, 0.4) is 0 Å². The van der Waals surface area contributed by atoms with Gasteiger partial charge in [-0.15, -0.1) is 0 Å². The third kappa shape index (κ3) is 4.10. The SMILES string of the molecule is CS(=O)(=O)NCC1CN(c2cccc(C(F)(F)F)c2)C(=O)O1. The third-order valence-corrected chi connectivity index (χ3v) is 3.62. The van der Waals surface area contributed by atoms with Crippen molar-refractivity contribution in [1.29, 1.82) is 0 Å². The number of alkyl halides is 3. The Bertz CT molecular complexity index is 675. The minimum absolute atomic E-state index is 0.0390. The van der Waals surface area contributed by atoms with E-state index in [1.165, 1.54) is 12.1 Å². The number of benzene rings is 1. The number of rotatable bonds is 4. The van der Waals surface area contributed by atoms with Gasteiger partial charge in [-0.05, 0) is 18.2 Å². The minimum atomic E-state index is -4.52. The van der Waals surface area contributed by atoms with Gasteiger partial charge in [-0.25, -0.2) is 17.9 Å². The highest BCUT2D eigenvalue weighted by Crippen LogP contribution is 2.32. The number of hydrogen-bond acceptors (Lipinski definition) is 4. The van der Waals surface area contributed by atoms with E-state index in [1.807, 2.05) is 0 Å². The van der Waals surface area contributed by atoms with Gasteiger partial charge in [0.1, 0.15) is 6.10 Å². The molecule has 1 fully saturated rings. The monoisotopic (exact) mass is 338 g/mol. The largest absolute Gasteiger partial charge is 0.443 e. The molecule has 10 heteroatoms. The van der Waals surface area contributed by atoms with Crippen molar-refractivity contribution in [1.82, 2.24) is 4.72 Å². The van der Waals surface area contributed by atoms with Gasteiger partial charge in [0.05, 0.1) is 18.4 Å². The molecule has 1 amide bonds. The Balaban J connectivity index is 2.12. The lowest BCUT2D eigenvalue weighted by atomic mass is 10.2. The number of anilines is 1. The molecule has 2 rings (SSSR count). The van der Waals surface area contributed by atoms with E-state index in [2.05, 4.69) is 4.72 Å². The molecule has 0 aromatic heterocycles. The summed E-state index contributed by atoms with van der Waals surface area (Å²) in [6.45, 7) is -0.178. The maximum absolute atomic E-state index is 12.7. The molecule has 22 heavy (non-hydrogen) atoms. The summed E-state index contributed by atoms with van der Waals surface area (Å²) in [4.78, 5) is 12.7. The average Bonchev–Trinajstić information content (AvgIpc) is 2.76. The summed E-state index contributed by atoms with van der Waals surface area (Å²) >= 11 is 0. The van der Waals surface area contributed by atoms with Crippen molar-refractivity contribution in [2.75, 3.05) is 24.2 Å². The first-order valence-corrected chi connectivity index (χ1v) is 8.05. The quantitative estimate of drug-likeness (QED) is 0.904. The van der Waals surface area contributed by atoms with Crippen molar-refractivity contribution >= 4 is 21.8 Å². The van der Waals surface area contributed by atoms with Gasteiger partial charge < -0.3 is 4.74 Å². The number of amides is 1. The van der Waals surface area contributed by atoms with Gasteiger partial charge in [-0.3, -0.25) is 4.90 Å². The van der Waals surface area contributed by atoms with E-state index in [-0.39, 0.29) is 18.8 Å². The first kappa shape index (κ1) is 16.6. The van der Waals surface area contributed by atoms with Gasteiger partial charge in [0.2, 0.25) is 10.0 Å². The van der Waals surface area contributed by atoms with Crippen LogP contribution in [0.25, 0.3) is 0 Å². The molecule has 1 unspecified atom stereocenters. The average molecular weight is 338 g/mol. The van der Waals surface area contributed by atoms with Crippen molar-refractivity contribution in [2.45, 2.75) is 12.3 Å². The summed E-state index contributed by atoms with van der Waals surface area (Å²) in [5.41, 5.74) is -0.836. The second-order valence-corrected chi connectivity index (χ2v) is 6.62. The lowest BCUT2D eigenvalue weighted by Gasteiger charge is -2.15. The minimum Gasteiger partial charge on any atom is -0.443 e. The van der Waals surface area contributed by atoms with Crippen LogP contribution in [0.5, 0.6) is 0 Å². The Morgan fingerprint density at radius 2 is 2.09 bits per heavy atom. The zero-order chi connectivity index (χ0) is 16.5. The van der Waals surface area contributed by atoms with E-state index in [0.29, 0.717) is 0 Å². The molecule has 0 saturated carbocycles. The van der Waals surface area contributed by atoms with Crippen LogP contribution >= 0.6 is 0 Å². The van der Waals surface area contributed by atoms with Gasteiger partial charge in [-0.2, -0.15) is 13.2 Å². The Morgan fingerprint density at radius 1 is 1.41 bits per heavy atom. The summed E-state index contributed by atoms with van der Waals surface area (Å²) < 4.78 is 67.1. The molecular formula is C12H13F3N2O4S. The first-order chi connectivity index (χ1) is 10.1. The number of carbonyl (C=O) groups excluding carboxylic acids is 1. The molecule has 122 valence electrons. The molecule has 0 spiro atoms. The normalized spacial score (nSPS) is 19.4. The smallest absolute Gasteiger partial charge is 0.416 e. The van der Waals surface area contributed by atoms with E-state index in [4.69, 9.17) is 4.74 Å². The molecule has 0 aliphatic carbocycles.